The number of halogens is 1. The molecule has 1 heterocycles. The third-order valence-corrected chi connectivity index (χ3v) is 5.06. The Bertz CT molecular complexity index is 560. The molecular weight excluding hydrogens is 343 g/mol. The van der Waals surface area contributed by atoms with Gasteiger partial charge in [0.15, 0.2) is 0 Å². The molecule has 1 aliphatic heterocycles. The second kappa shape index (κ2) is 5.54. The monoisotopic (exact) mass is 368 g/mol. The average Bonchev–Trinajstić information content (AvgIpc) is 2.56. The van der Waals surface area contributed by atoms with E-state index in [2.05, 4.69) is 70.5 Å². The molecule has 0 unspecified atom stereocenters. The molecule has 0 amide bonds. The smallest absolute Gasteiger partial charge is 0.497 e. The summed E-state index contributed by atoms with van der Waals surface area (Å²) in [7, 11) is 1.27. The summed E-state index contributed by atoms with van der Waals surface area (Å²) in [6, 6.07) is 4.13. The lowest BCUT2D eigenvalue weighted by Gasteiger charge is -2.32. The first-order valence-electron chi connectivity index (χ1n) is 7.62. The van der Waals surface area contributed by atoms with E-state index in [1.807, 2.05) is 6.07 Å². The van der Waals surface area contributed by atoms with Crippen LogP contribution in [0.1, 0.15) is 54.0 Å². The Balaban J connectivity index is 2.56. The van der Waals surface area contributed by atoms with Gasteiger partial charge in [0, 0.05) is 15.5 Å². The first-order chi connectivity index (χ1) is 9.89. The Morgan fingerprint density at radius 3 is 1.95 bits per heavy atom. The van der Waals surface area contributed by atoms with Crippen LogP contribution in [0.3, 0.4) is 0 Å². The van der Waals surface area contributed by atoms with E-state index < -0.39 is 7.12 Å². The number of methoxy groups -OCH3 is 1. The molecule has 3 nitrogen and oxygen atoms in total. The summed E-state index contributed by atoms with van der Waals surface area (Å²) in [5, 5.41) is 0. The quantitative estimate of drug-likeness (QED) is 0.737. The molecule has 1 aromatic rings. The predicted molar refractivity (Wildman–Crippen MR) is 95.1 cm³/mol. The molecule has 0 radical (unpaired) electrons. The van der Waals surface area contributed by atoms with Crippen LogP contribution >= 0.6 is 15.9 Å². The molecule has 1 aromatic carbocycles. The summed E-state index contributed by atoms with van der Waals surface area (Å²) in [6.45, 7) is 14.7. The average molecular weight is 369 g/mol. The van der Waals surface area contributed by atoms with E-state index in [1.165, 1.54) is 0 Å². The minimum atomic E-state index is -0.432. The van der Waals surface area contributed by atoms with Crippen molar-refractivity contribution in [1.29, 1.82) is 0 Å². The van der Waals surface area contributed by atoms with Crippen molar-refractivity contribution in [3.63, 3.8) is 0 Å². The molecule has 0 atom stereocenters. The van der Waals surface area contributed by atoms with Gasteiger partial charge in [0.2, 0.25) is 0 Å². The summed E-state index contributed by atoms with van der Waals surface area (Å²) < 4.78 is 19.1. The van der Waals surface area contributed by atoms with Crippen molar-refractivity contribution in [3.05, 3.63) is 22.2 Å². The molecule has 0 N–H and O–H groups in total. The fourth-order valence-corrected chi connectivity index (χ4v) is 3.02. The maximum absolute atomic E-state index is 6.19. The minimum Gasteiger partial charge on any atom is -0.497 e. The number of rotatable bonds is 2. The fraction of sp³-hybridized carbons (Fsp3) is 0.647. The van der Waals surface area contributed by atoms with Crippen LogP contribution in [-0.2, 0) is 14.7 Å². The van der Waals surface area contributed by atoms with Gasteiger partial charge in [-0.2, -0.15) is 0 Å². The molecule has 2 rings (SSSR count). The van der Waals surface area contributed by atoms with Gasteiger partial charge in [-0.05, 0) is 45.2 Å². The highest BCUT2D eigenvalue weighted by Crippen LogP contribution is 2.39. The van der Waals surface area contributed by atoms with E-state index in [9.17, 15) is 0 Å². The van der Waals surface area contributed by atoms with E-state index in [-0.39, 0.29) is 16.6 Å². The first-order valence-corrected chi connectivity index (χ1v) is 8.42. The Morgan fingerprint density at radius 1 is 1.05 bits per heavy atom. The van der Waals surface area contributed by atoms with E-state index in [4.69, 9.17) is 14.0 Å². The highest BCUT2D eigenvalue weighted by Gasteiger charge is 2.52. The molecule has 1 aliphatic rings. The summed E-state index contributed by atoms with van der Waals surface area (Å²) in [6.07, 6.45) is 0. The van der Waals surface area contributed by atoms with Crippen molar-refractivity contribution in [2.45, 2.75) is 65.1 Å². The van der Waals surface area contributed by atoms with Gasteiger partial charge in [0.1, 0.15) is 5.75 Å². The topological polar surface area (TPSA) is 27.7 Å². The van der Waals surface area contributed by atoms with Crippen LogP contribution in [0.5, 0.6) is 5.75 Å². The molecular formula is C17H26BBrO3. The van der Waals surface area contributed by atoms with Crippen LogP contribution < -0.4 is 10.2 Å². The van der Waals surface area contributed by atoms with E-state index in [0.29, 0.717) is 0 Å². The summed E-state index contributed by atoms with van der Waals surface area (Å²) in [5.41, 5.74) is 1.29. The lowest BCUT2D eigenvalue weighted by atomic mass is 9.74. The maximum Gasteiger partial charge on any atom is 0.498 e. The Morgan fingerprint density at radius 2 is 1.55 bits per heavy atom. The standard InChI is InChI=1S/C17H26BBrO3/c1-15(2,3)12-9-11(19)10-13(14(12)20-8)18-21-16(4,5)17(6,7)22-18/h9-10H,1-8H3. The minimum absolute atomic E-state index is 0.0342. The highest BCUT2D eigenvalue weighted by molar-refractivity contribution is 9.10. The summed E-state index contributed by atoms with van der Waals surface area (Å²) >= 11 is 3.61. The zero-order valence-electron chi connectivity index (χ0n) is 14.8. The van der Waals surface area contributed by atoms with E-state index in [0.717, 1.165) is 21.2 Å². The van der Waals surface area contributed by atoms with E-state index in [1.54, 1.807) is 7.11 Å². The fourth-order valence-electron chi connectivity index (χ4n) is 2.54. The van der Waals surface area contributed by atoms with Gasteiger partial charge in [-0.3, -0.25) is 0 Å². The van der Waals surface area contributed by atoms with Crippen LogP contribution in [0.2, 0.25) is 0 Å². The van der Waals surface area contributed by atoms with Gasteiger partial charge >= 0.3 is 7.12 Å². The van der Waals surface area contributed by atoms with Gasteiger partial charge < -0.3 is 14.0 Å². The van der Waals surface area contributed by atoms with E-state index >= 15 is 0 Å². The molecule has 0 aromatic heterocycles. The van der Waals surface area contributed by atoms with Crippen molar-refractivity contribution in [1.82, 2.24) is 0 Å². The predicted octanol–water partition coefficient (Wildman–Crippen LogP) is 4.05. The van der Waals surface area contributed by atoms with Crippen LogP contribution in [0, 0.1) is 0 Å². The van der Waals surface area contributed by atoms with Crippen molar-refractivity contribution < 1.29 is 14.0 Å². The SMILES string of the molecule is COc1c(B2OC(C)(C)C(C)(C)O2)cc(Br)cc1C(C)(C)C. The van der Waals surface area contributed by atoms with Crippen molar-refractivity contribution >= 4 is 28.5 Å². The number of hydrogen-bond acceptors (Lipinski definition) is 3. The lowest BCUT2D eigenvalue weighted by molar-refractivity contribution is 0.00578. The molecule has 0 saturated carbocycles. The molecule has 0 bridgehead atoms. The Hall–Kier alpha value is -0.515. The van der Waals surface area contributed by atoms with Gasteiger partial charge in [-0.1, -0.05) is 36.7 Å². The molecule has 0 aliphatic carbocycles. The second-order valence-electron chi connectivity index (χ2n) is 7.91. The molecule has 1 saturated heterocycles. The third-order valence-electron chi connectivity index (χ3n) is 4.60. The maximum atomic E-state index is 6.19. The van der Waals surface area contributed by atoms with Gasteiger partial charge in [0.05, 0.1) is 18.3 Å². The Labute approximate surface area is 143 Å². The third kappa shape index (κ3) is 3.08. The zero-order chi connectivity index (χ0) is 16.9. The number of hydrogen-bond donors (Lipinski definition) is 0. The molecule has 22 heavy (non-hydrogen) atoms. The van der Waals surface area contributed by atoms with Crippen molar-refractivity contribution in [2.75, 3.05) is 7.11 Å². The molecule has 0 spiro atoms. The van der Waals surface area contributed by atoms with Gasteiger partial charge in [0.25, 0.3) is 0 Å². The van der Waals surface area contributed by atoms with Gasteiger partial charge in [-0.15, -0.1) is 0 Å². The zero-order valence-corrected chi connectivity index (χ0v) is 16.4. The number of benzene rings is 1. The van der Waals surface area contributed by atoms with Crippen molar-refractivity contribution in [3.8, 4) is 5.75 Å². The lowest BCUT2D eigenvalue weighted by Crippen LogP contribution is -2.41. The summed E-state index contributed by atoms with van der Waals surface area (Å²) in [5.74, 6) is 0.842. The van der Waals surface area contributed by atoms with Crippen LogP contribution in [-0.4, -0.2) is 25.4 Å². The normalized spacial score (nSPS) is 20.3. The molecule has 1 fully saturated rings. The largest absolute Gasteiger partial charge is 0.498 e. The van der Waals surface area contributed by atoms with Gasteiger partial charge in [-0.25, -0.2) is 0 Å². The Kier molecular flexibility index (Phi) is 4.49. The van der Waals surface area contributed by atoms with Crippen LogP contribution in [0.15, 0.2) is 16.6 Å². The molecule has 5 heteroatoms. The van der Waals surface area contributed by atoms with Crippen LogP contribution in [0.4, 0.5) is 0 Å². The summed E-state index contributed by atoms with van der Waals surface area (Å²) in [4.78, 5) is 0. The second-order valence-corrected chi connectivity index (χ2v) is 8.83. The van der Waals surface area contributed by atoms with Crippen LogP contribution in [0.25, 0.3) is 0 Å². The first kappa shape index (κ1) is 17.8. The number of ether oxygens (including phenoxy) is 1. The highest BCUT2D eigenvalue weighted by atomic mass is 79.9. The van der Waals surface area contributed by atoms with Crippen molar-refractivity contribution in [2.24, 2.45) is 0 Å². The molecule has 122 valence electrons.